The standard InChI is InChI=1S/C23H32N6O/c1-6-23(4,5)29-21(25-26-27-29)20(28-11-7-8-16(3)14-28)18-13-17-12-15(2)9-10-19(17)24-22(18)30/h9-10,12-13,16,20H,6-8,11,14H2,1-5H3,(H,24,30)/t16-,20-/m0/s1. The fraction of sp³-hybridized carbons (Fsp3) is 0.565. The minimum Gasteiger partial charge on any atom is -0.322 e. The van der Waals surface area contributed by atoms with Crippen LogP contribution >= 0.6 is 0 Å². The highest BCUT2D eigenvalue weighted by atomic mass is 16.1. The Kier molecular flexibility index (Phi) is 5.49. The quantitative estimate of drug-likeness (QED) is 0.695. The van der Waals surface area contributed by atoms with E-state index in [1.54, 1.807) is 0 Å². The number of fused-ring (bicyclic) bond motifs is 1. The highest BCUT2D eigenvalue weighted by Crippen LogP contribution is 2.33. The first kappa shape index (κ1) is 20.7. The number of hydrogen-bond acceptors (Lipinski definition) is 5. The number of nitrogens with one attached hydrogen (secondary N) is 1. The van der Waals surface area contributed by atoms with Crippen molar-refractivity contribution < 1.29 is 0 Å². The third-order valence-corrected chi connectivity index (χ3v) is 6.55. The number of nitrogens with zero attached hydrogens (tertiary/aromatic N) is 5. The lowest BCUT2D eigenvalue weighted by Gasteiger charge is -2.37. The van der Waals surface area contributed by atoms with Crippen molar-refractivity contribution in [3.63, 3.8) is 0 Å². The molecule has 3 aromatic rings. The zero-order chi connectivity index (χ0) is 21.5. The van der Waals surface area contributed by atoms with E-state index in [4.69, 9.17) is 0 Å². The molecule has 0 radical (unpaired) electrons. The molecule has 1 fully saturated rings. The van der Waals surface area contributed by atoms with Gasteiger partial charge in [-0.25, -0.2) is 4.68 Å². The van der Waals surface area contributed by atoms with Crippen LogP contribution in [0.4, 0.5) is 0 Å². The van der Waals surface area contributed by atoms with Crippen molar-refractivity contribution in [2.75, 3.05) is 13.1 Å². The largest absolute Gasteiger partial charge is 0.322 e. The molecule has 7 heteroatoms. The van der Waals surface area contributed by atoms with E-state index in [9.17, 15) is 4.79 Å². The summed E-state index contributed by atoms with van der Waals surface area (Å²) in [5.74, 6) is 1.32. The molecule has 2 atom stereocenters. The summed E-state index contributed by atoms with van der Waals surface area (Å²) in [6, 6.07) is 7.86. The first-order valence-corrected chi connectivity index (χ1v) is 11.0. The van der Waals surface area contributed by atoms with Crippen LogP contribution in [0.5, 0.6) is 0 Å². The van der Waals surface area contributed by atoms with Gasteiger partial charge in [-0.2, -0.15) is 0 Å². The van der Waals surface area contributed by atoms with E-state index in [1.807, 2.05) is 22.9 Å². The fourth-order valence-corrected chi connectivity index (χ4v) is 4.45. The van der Waals surface area contributed by atoms with Gasteiger partial charge in [-0.3, -0.25) is 9.69 Å². The second-order valence-electron chi connectivity index (χ2n) is 9.40. The summed E-state index contributed by atoms with van der Waals surface area (Å²) in [7, 11) is 0. The van der Waals surface area contributed by atoms with Crippen LogP contribution in [0.3, 0.4) is 0 Å². The number of aryl methyl sites for hydroxylation is 1. The molecule has 7 nitrogen and oxygen atoms in total. The van der Waals surface area contributed by atoms with E-state index in [0.717, 1.165) is 42.7 Å². The van der Waals surface area contributed by atoms with Crippen molar-refractivity contribution in [1.29, 1.82) is 0 Å². The number of hydrogen-bond donors (Lipinski definition) is 1. The fourth-order valence-electron chi connectivity index (χ4n) is 4.45. The average molecular weight is 409 g/mol. The molecule has 0 unspecified atom stereocenters. The summed E-state index contributed by atoms with van der Waals surface area (Å²) in [4.78, 5) is 18.7. The normalized spacial score (nSPS) is 19.3. The molecule has 4 rings (SSSR count). The number of benzene rings is 1. The third-order valence-electron chi connectivity index (χ3n) is 6.55. The van der Waals surface area contributed by atoms with Crippen molar-refractivity contribution in [3.8, 4) is 0 Å². The van der Waals surface area contributed by atoms with Crippen LogP contribution in [0.25, 0.3) is 10.9 Å². The van der Waals surface area contributed by atoms with Crippen LogP contribution in [0, 0.1) is 12.8 Å². The van der Waals surface area contributed by atoms with Gasteiger partial charge in [0.05, 0.1) is 5.54 Å². The highest BCUT2D eigenvalue weighted by molar-refractivity contribution is 5.79. The monoisotopic (exact) mass is 408 g/mol. The second-order valence-corrected chi connectivity index (χ2v) is 9.40. The average Bonchev–Trinajstić information content (AvgIpc) is 3.19. The number of pyridine rings is 1. The van der Waals surface area contributed by atoms with E-state index < -0.39 is 0 Å². The molecule has 1 N–H and O–H groups in total. The lowest BCUT2D eigenvalue weighted by molar-refractivity contribution is 0.135. The highest BCUT2D eigenvalue weighted by Gasteiger charge is 2.35. The molecule has 1 aromatic carbocycles. The van der Waals surface area contributed by atoms with Crippen LogP contribution in [-0.2, 0) is 5.54 Å². The Labute approximate surface area is 177 Å². The Bertz CT molecular complexity index is 1100. The minimum atomic E-state index is -0.276. The van der Waals surface area contributed by atoms with Gasteiger partial charge < -0.3 is 4.98 Å². The van der Waals surface area contributed by atoms with Gasteiger partial charge in [0.2, 0.25) is 0 Å². The number of aromatic amines is 1. The number of likely N-dealkylation sites (tertiary alicyclic amines) is 1. The molecule has 1 saturated heterocycles. The van der Waals surface area contributed by atoms with Gasteiger partial charge >= 0.3 is 0 Å². The molecular weight excluding hydrogens is 376 g/mol. The van der Waals surface area contributed by atoms with Crippen LogP contribution in [0.2, 0.25) is 0 Å². The van der Waals surface area contributed by atoms with E-state index >= 15 is 0 Å². The minimum absolute atomic E-state index is 0.0709. The number of H-pyrrole nitrogens is 1. The molecule has 0 bridgehead atoms. The maximum absolute atomic E-state index is 13.2. The lowest BCUT2D eigenvalue weighted by atomic mass is 9.94. The van der Waals surface area contributed by atoms with Gasteiger partial charge in [0.1, 0.15) is 6.04 Å². The van der Waals surface area contributed by atoms with E-state index in [0.29, 0.717) is 11.5 Å². The van der Waals surface area contributed by atoms with Crippen molar-refractivity contribution in [1.82, 2.24) is 30.1 Å². The van der Waals surface area contributed by atoms with Crippen LogP contribution in [0.1, 0.15) is 70.0 Å². The Hall–Kier alpha value is -2.54. The topological polar surface area (TPSA) is 79.7 Å². The molecule has 160 valence electrons. The van der Waals surface area contributed by atoms with Crippen molar-refractivity contribution in [2.45, 2.75) is 65.5 Å². The molecule has 30 heavy (non-hydrogen) atoms. The molecular formula is C23H32N6O. The van der Waals surface area contributed by atoms with Crippen molar-refractivity contribution >= 4 is 10.9 Å². The molecule has 0 saturated carbocycles. The number of rotatable bonds is 5. The predicted molar refractivity (Wildman–Crippen MR) is 119 cm³/mol. The van der Waals surface area contributed by atoms with Gasteiger partial charge in [0.25, 0.3) is 5.56 Å². The van der Waals surface area contributed by atoms with Crippen molar-refractivity contribution in [3.05, 3.63) is 51.6 Å². The summed E-state index contributed by atoms with van der Waals surface area (Å²) in [6.07, 6.45) is 3.21. The lowest BCUT2D eigenvalue weighted by Crippen LogP contribution is -2.42. The number of piperidine rings is 1. The molecule has 0 aliphatic carbocycles. The summed E-state index contributed by atoms with van der Waals surface area (Å²) >= 11 is 0. The van der Waals surface area contributed by atoms with E-state index in [2.05, 4.69) is 66.1 Å². The molecule has 1 aliphatic heterocycles. The molecule has 0 spiro atoms. The van der Waals surface area contributed by atoms with Gasteiger partial charge in [-0.05, 0) is 86.5 Å². The second kappa shape index (κ2) is 7.95. The zero-order valence-corrected chi connectivity index (χ0v) is 18.6. The Morgan fingerprint density at radius 1 is 1.30 bits per heavy atom. The number of aromatic nitrogens is 5. The van der Waals surface area contributed by atoms with Crippen molar-refractivity contribution in [2.24, 2.45) is 5.92 Å². The smallest absolute Gasteiger partial charge is 0.253 e. The summed E-state index contributed by atoms with van der Waals surface area (Å²) in [5, 5.41) is 13.9. The van der Waals surface area contributed by atoms with Crippen LogP contribution < -0.4 is 5.56 Å². The number of tetrazole rings is 1. The first-order chi connectivity index (χ1) is 14.3. The molecule has 2 aromatic heterocycles. The summed E-state index contributed by atoms with van der Waals surface area (Å²) in [6.45, 7) is 12.6. The third kappa shape index (κ3) is 3.78. The van der Waals surface area contributed by atoms with Gasteiger partial charge in [-0.1, -0.05) is 25.5 Å². The van der Waals surface area contributed by atoms with Crippen LogP contribution in [-0.4, -0.2) is 43.2 Å². The Morgan fingerprint density at radius 3 is 2.83 bits per heavy atom. The zero-order valence-electron chi connectivity index (χ0n) is 18.6. The van der Waals surface area contributed by atoms with E-state index in [1.165, 1.54) is 12.0 Å². The van der Waals surface area contributed by atoms with Gasteiger partial charge in [-0.15, -0.1) is 5.10 Å². The summed E-state index contributed by atoms with van der Waals surface area (Å²) < 4.78 is 1.91. The van der Waals surface area contributed by atoms with E-state index in [-0.39, 0.29) is 17.1 Å². The predicted octanol–water partition coefficient (Wildman–Crippen LogP) is 3.79. The molecule has 3 heterocycles. The maximum Gasteiger partial charge on any atom is 0.253 e. The van der Waals surface area contributed by atoms with Gasteiger partial charge in [0.15, 0.2) is 5.82 Å². The van der Waals surface area contributed by atoms with Crippen LogP contribution in [0.15, 0.2) is 29.1 Å². The summed E-state index contributed by atoms with van der Waals surface area (Å²) in [5.41, 5.74) is 2.43. The Morgan fingerprint density at radius 2 is 2.10 bits per heavy atom. The first-order valence-electron chi connectivity index (χ1n) is 11.0. The SMILES string of the molecule is CCC(C)(C)n1nnnc1[C@H](c1cc2cc(C)ccc2[nH]c1=O)N1CCC[C@H](C)C1. The Balaban J connectivity index is 1.91. The maximum atomic E-state index is 13.2. The molecule has 1 aliphatic rings. The van der Waals surface area contributed by atoms with Gasteiger partial charge in [0, 0.05) is 17.6 Å². The molecule has 0 amide bonds.